The number of likely N-dealkylation sites (tertiary alicyclic amines) is 1. The Morgan fingerprint density at radius 3 is 2.90 bits per heavy atom. The molecule has 1 unspecified atom stereocenters. The number of nitrogens with one attached hydrogen (secondary N) is 1. The van der Waals surface area contributed by atoms with Crippen molar-refractivity contribution in [3.05, 3.63) is 24.0 Å². The van der Waals surface area contributed by atoms with Crippen LogP contribution >= 0.6 is 0 Å². The summed E-state index contributed by atoms with van der Waals surface area (Å²) in [6, 6.07) is 1.52. The van der Waals surface area contributed by atoms with Crippen LogP contribution in [0.5, 0.6) is 0 Å². The quantitative estimate of drug-likeness (QED) is 0.909. The second kappa shape index (κ2) is 5.68. The van der Waals surface area contributed by atoms with Gasteiger partial charge in [-0.05, 0) is 18.9 Å². The average molecular weight is 287 g/mol. The Kier molecular flexibility index (Phi) is 4.15. The van der Waals surface area contributed by atoms with Gasteiger partial charge in [-0.15, -0.1) is 0 Å². The van der Waals surface area contributed by atoms with E-state index in [4.69, 9.17) is 0 Å². The van der Waals surface area contributed by atoms with Gasteiger partial charge in [0.2, 0.25) is 0 Å². The van der Waals surface area contributed by atoms with Crippen LogP contribution in [-0.2, 0) is 0 Å². The molecule has 0 radical (unpaired) electrons. The van der Waals surface area contributed by atoms with Gasteiger partial charge in [-0.3, -0.25) is 9.78 Å². The van der Waals surface area contributed by atoms with Gasteiger partial charge in [0.25, 0.3) is 5.91 Å². The molecule has 0 spiro atoms. The maximum absolute atomic E-state index is 12.8. The Morgan fingerprint density at radius 1 is 1.50 bits per heavy atom. The number of nitrogens with zero attached hydrogens (tertiary/aromatic N) is 2. The van der Waals surface area contributed by atoms with Crippen LogP contribution in [0.15, 0.2) is 18.5 Å². The van der Waals surface area contributed by atoms with Crippen molar-refractivity contribution >= 4 is 11.6 Å². The molecule has 1 fully saturated rings. The lowest BCUT2D eigenvalue weighted by Crippen LogP contribution is -2.44. The van der Waals surface area contributed by atoms with Crippen LogP contribution in [-0.4, -0.2) is 42.1 Å². The highest BCUT2D eigenvalue weighted by Crippen LogP contribution is 2.33. The molecule has 1 aromatic rings. The third-order valence-corrected chi connectivity index (χ3v) is 3.49. The van der Waals surface area contributed by atoms with E-state index in [-0.39, 0.29) is 18.9 Å². The minimum Gasteiger partial charge on any atom is -0.386 e. The van der Waals surface area contributed by atoms with E-state index in [1.54, 1.807) is 7.05 Å². The molecular weight excluding hydrogens is 271 g/mol. The highest BCUT2D eigenvalue weighted by atomic mass is 19.4. The monoisotopic (exact) mass is 287 g/mol. The van der Waals surface area contributed by atoms with Gasteiger partial charge in [0, 0.05) is 26.3 Å². The number of amides is 1. The fourth-order valence-corrected chi connectivity index (χ4v) is 2.38. The molecule has 7 heteroatoms. The third kappa shape index (κ3) is 3.02. The summed E-state index contributed by atoms with van der Waals surface area (Å²) < 4.78 is 38.3. The lowest BCUT2D eigenvalue weighted by molar-refractivity contribution is -0.184. The molecule has 0 saturated carbocycles. The Bertz CT molecular complexity index is 490. The molecule has 1 atom stereocenters. The standard InChI is InChI=1S/C13H16F3N3O/c1-17-11-7-18-5-4-10(11)12(20)19-6-2-3-9(8-19)13(14,15)16/h4-5,7,9,17H,2-3,6,8H2,1H3. The number of pyridine rings is 1. The zero-order valence-electron chi connectivity index (χ0n) is 11.1. The van der Waals surface area contributed by atoms with Crippen molar-refractivity contribution in [3.8, 4) is 0 Å². The maximum atomic E-state index is 12.8. The number of rotatable bonds is 2. The topological polar surface area (TPSA) is 45.2 Å². The summed E-state index contributed by atoms with van der Waals surface area (Å²) in [7, 11) is 1.64. The highest BCUT2D eigenvalue weighted by Gasteiger charge is 2.42. The summed E-state index contributed by atoms with van der Waals surface area (Å²) in [5.74, 6) is -1.81. The van der Waals surface area contributed by atoms with Crippen molar-refractivity contribution in [2.45, 2.75) is 19.0 Å². The van der Waals surface area contributed by atoms with Crippen molar-refractivity contribution in [2.75, 3.05) is 25.5 Å². The molecule has 110 valence electrons. The summed E-state index contributed by atoms with van der Waals surface area (Å²) >= 11 is 0. The van der Waals surface area contributed by atoms with E-state index in [1.807, 2.05) is 0 Å². The number of hydrogen-bond donors (Lipinski definition) is 1. The maximum Gasteiger partial charge on any atom is 0.393 e. The molecule has 0 aromatic carbocycles. The van der Waals surface area contributed by atoms with Crippen molar-refractivity contribution in [3.63, 3.8) is 0 Å². The number of halogens is 3. The predicted molar refractivity (Wildman–Crippen MR) is 68.5 cm³/mol. The van der Waals surface area contributed by atoms with Gasteiger partial charge in [-0.25, -0.2) is 0 Å². The first-order valence-electron chi connectivity index (χ1n) is 6.41. The second-order valence-electron chi connectivity index (χ2n) is 4.80. The van der Waals surface area contributed by atoms with Crippen molar-refractivity contribution in [2.24, 2.45) is 5.92 Å². The summed E-state index contributed by atoms with van der Waals surface area (Å²) in [5.41, 5.74) is 0.872. The van der Waals surface area contributed by atoms with Crippen LogP contribution in [0.2, 0.25) is 0 Å². The summed E-state index contributed by atoms with van der Waals surface area (Å²) in [4.78, 5) is 17.5. The molecular formula is C13H16F3N3O. The Balaban J connectivity index is 2.17. The molecule has 2 rings (SSSR count). The number of carbonyl (C=O) groups is 1. The molecule has 1 aromatic heterocycles. The molecule has 0 aliphatic carbocycles. The lowest BCUT2D eigenvalue weighted by atomic mass is 9.97. The van der Waals surface area contributed by atoms with Gasteiger partial charge in [0.05, 0.1) is 23.4 Å². The van der Waals surface area contributed by atoms with E-state index in [9.17, 15) is 18.0 Å². The molecule has 1 aliphatic heterocycles. The van der Waals surface area contributed by atoms with Gasteiger partial charge < -0.3 is 10.2 Å². The number of hydrogen-bond acceptors (Lipinski definition) is 3. The van der Waals surface area contributed by atoms with E-state index < -0.39 is 12.1 Å². The molecule has 1 aliphatic rings. The van der Waals surface area contributed by atoms with E-state index in [0.29, 0.717) is 24.2 Å². The van der Waals surface area contributed by atoms with Gasteiger partial charge in [0.15, 0.2) is 0 Å². The predicted octanol–water partition coefficient (Wildman–Crippen LogP) is 2.54. The number of aromatic nitrogens is 1. The summed E-state index contributed by atoms with van der Waals surface area (Å²) in [6.07, 6.45) is -0.848. The van der Waals surface area contributed by atoms with Crippen LogP contribution in [0, 0.1) is 5.92 Å². The lowest BCUT2D eigenvalue weighted by Gasteiger charge is -2.34. The van der Waals surface area contributed by atoms with Crippen LogP contribution in [0.3, 0.4) is 0 Å². The fourth-order valence-electron chi connectivity index (χ4n) is 2.38. The first-order chi connectivity index (χ1) is 9.43. The first kappa shape index (κ1) is 14.6. The van der Waals surface area contributed by atoms with Gasteiger partial charge >= 0.3 is 6.18 Å². The average Bonchev–Trinajstić information content (AvgIpc) is 2.45. The third-order valence-electron chi connectivity index (χ3n) is 3.49. The Morgan fingerprint density at radius 2 is 2.25 bits per heavy atom. The second-order valence-corrected chi connectivity index (χ2v) is 4.80. The smallest absolute Gasteiger partial charge is 0.386 e. The minimum absolute atomic E-state index is 0.0858. The molecule has 1 saturated heterocycles. The summed E-state index contributed by atoms with van der Waals surface area (Å²) in [6.45, 7) is 0.0880. The van der Waals surface area contributed by atoms with Crippen molar-refractivity contribution in [1.29, 1.82) is 0 Å². The number of anilines is 1. The SMILES string of the molecule is CNc1cnccc1C(=O)N1CCCC(C(F)(F)F)C1. The van der Waals surface area contributed by atoms with E-state index in [2.05, 4.69) is 10.3 Å². The van der Waals surface area contributed by atoms with Crippen LogP contribution < -0.4 is 5.32 Å². The van der Waals surface area contributed by atoms with Crippen molar-refractivity contribution < 1.29 is 18.0 Å². The largest absolute Gasteiger partial charge is 0.393 e. The van der Waals surface area contributed by atoms with E-state index >= 15 is 0 Å². The zero-order chi connectivity index (χ0) is 14.8. The normalized spacial score (nSPS) is 19.8. The molecule has 2 heterocycles. The number of alkyl halides is 3. The highest BCUT2D eigenvalue weighted by molar-refractivity contribution is 5.99. The van der Waals surface area contributed by atoms with Crippen LogP contribution in [0.4, 0.5) is 18.9 Å². The molecule has 20 heavy (non-hydrogen) atoms. The molecule has 4 nitrogen and oxygen atoms in total. The Labute approximate surface area is 115 Å². The van der Waals surface area contributed by atoms with E-state index in [0.717, 1.165) is 0 Å². The van der Waals surface area contributed by atoms with Gasteiger partial charge in [0.1, 0.15) is 0 Å². The number of piperidine rings is 1. The summed E-state index contributed by atoms with van der Waals surface area (Å²) in [5, 5.41) is 2.82. The molecule has 0 bridgehead atoms. The van der Waals surface area contributed by atoms with Gasteiger partial charge in [-0.2, -0.15) is 13.2 Å². The Hall–Kier alpha value is -1.79. The van der Waals surface area contributed by atoms with Crippen molar-refractivity contribution in [1.82, 2.24) is 9.88 Å². The molecule has 1 N–H and O–H groups in total. The number of carbonyl (C=O) groups excluding carboxylic acids is 1. The zero-order valence-corrected chi connectivity index (χ0v) is 11.1. The van der Waals surface area contributed by atoms with Gasteiger partial charge in [-0.1, -0.05) is 0 Å². The van der Waals surface area contributed by atoms with Crippen LogP contribution in [0.1, 0.15) is 23.2 Å². The fraction of sp³-hybridized carbons (Fsp3) is 0.538. The van der Waals surface area contributed by atoms with Crippen LogP contribution in [0.25, 0.3) is 0 Å². The van der Waals surface area contributed by atoms with E-state index in [1.165, 1.54) is 23.4 Å². The minimum atomic E-state index is -4.25. The molecule has 1 amide bonds. The first-order valence-corrected chi connectivity index (χ1v) is 6.41.